The number of hydrogen-bond acceptors (Lipinski definition) is 2. The molecule has 0 bridgehead atoms. The van der Waals surface area contributed by atoms with Gasteiger partial charge in [0.2, 0.25) is 0 Å². The standard InChI is InChI=1S/C18H25N3/c1-6-21-12-15(11-20-21)10-19-18-8-7-16(13(2)3)9-17(18)14(4)5/h6-9,11-14,19H,1,10H2,2-5H3. The molecule has 0 atom stereocenters. The SMILES string of the molecule is C=Cn1cc(CNc2ccc(C(C)C)cc2C(C)C)cn1. The lowest BCUT2D eigenvalue weighted by Gasteiger charge is -2.17. The summed E-state index contributed by atoms with van der Waals surface area (Å²) < 4.78 is 1.72. The van der Waals surface area contributed by atoms with Crippen LogP contribution >= 0.6 is 0 Å². The van der Waals surface area contributed by atoms with Crippen molar-refractivity contribution in [3.8, 4) is 0 Å². The van der Waals surface area contributed by atoms with Gasteiger partial charge in [0.25, 0.3) is 0 Å². The van der Waals surface area contributed by atoms with Crippen LogP contribution in [0.4, 0.5) is 5.69 Å². The molecule has 0 fully saturated rings. The van der Waals surface area contributed by atoms with Crippen LogP contribution in [0.3, 0.4) is 0 Å². The van der Waals surface area contributed by atoms with Crippen LogP contribution in [0.5, 0.6) is 0 Å². The molecule has 0 spiro atoms. The van der Waals surface area contributed by atoms with Gasteiger partial charge >= 0.3 is 0 Å². The maximum absolute atomic E-state index is 4.20. The van der Waals surface area contributed by atoms with Crippen molar-refractivity contribution in [2.75, 3.05) is 5.32 Å². The van der Waals surface area contributed by atoms with Gasteiger partial charge in [-0.05, 0) is 29.0 Å². The van der Waals surface area contributed by atoms with Crippen LogP contribution in [0.25, 0.3) is 6.20 Å². The van der Waals surface area contributed by atoms with Crippen molar-refractivity contribution < 1.29 is 0 Å². The van der Waals surface area contributed by atoms with E-state index >= 15 is 0 Å². The van der Waals surface area contributed by atoms with Crippen LogP contribution in [-0.4, -0.2) is 9.78 Å². The Kier molecular flexibility index (Phi) is 4.84. The highest BCUT2D eigenvalue weighted by atomic mass is 15.2. The summed E-state index contributed by atoms with van der Waals surface area (Å²) in [6.45, 7) is 13.4. The van der Waals surface area contributed by atoms with Gasteiger partial charge in [-0.3, -0.25) is 0 Å². The first-order valence-corrected chi connectivity index (χ1v) is 7.54. The quantitative estimate of drug-likeness (QED) is 0.822. The van der Waals surface area contributed by atoms with Gasteiger partial charge in [0, 0.05) is 30.2 Å². The van der Waals surface area contributed by atoms with Crippen LogP contribution in [0.2, 0.25) is 0 Å². The summed E-state index contributed by atoms with van der Waals surface area (Å²) in [6.07, 6.45) is 5.55. The van der Waals surface area contributed by atoms with E-state index in [0.29, 0.717) is 11.8 Å². The van der Waals surface area contributed by atoms with Crippen LogP contribution in [0.15, 0.2) is 37.2 Å². The molecule has 0 aliphatic rings. The van der Waals surface area contributed by atoms with E-state index in [0.717, 1.165) is 12.1 Å². The lowest BCUT2D eigenvalue weighted by atomic mass is 9.94. The van der Waals surface area contributed by atoms with Crippen molar-refractivity contribution >= 4 is 11.9 Å². The van der Waals surface area contributed by atoms with Gasteiger partial charge in [-0.15, -0.1) is 0 Å². The molecule has 1 N–H and O–H groups in total. The molecule has 1 aromatic carbocycles. The second-order valence-corrected chi connectivity index (χ2v) is 6.02. The Bertz CT molecular complexity index is 609. The van der Waals surface area contributed by atoms with Crippen molar-refractivity contribution in [1.82, 2.24) is 9.78 Å². The first kappa shape index (κ1) is 15.4. The summed E-state index contributed by atoms with van der Waals surface area (Å²) in [5.74, 6) is 1.06. The predicted molar refractivity (Wildman–Crippen MR) is 90.6 cm³/mol. The molecular weight excluding hydrogens is 258 g/mol. The Labute approximate surface area is 127 Å². The van der Waals surface area contributed by atoms with Gasteiger partial charge in [-0.2, -0.15) is 5.10 Å². The number of nitrogens with zero attached hydrogens (tertiary/aromatic N) is 2. The number of anilines is 1. The van der Waals surface area contributed by atoms with Gasteiger partial charge in [0.1, 0.15) is 0 Å². The first-order chi connectivity index (χ1) is 10.0. The van der Waals surface area contributed by atoms with Crippen molar-refractivity contribution in [3.05, 3.63) is 53.9 Å². The number of rotatable bonds is 6. The van der Waals surface area contributed by atoms with E-state index in [1.54, 1.807) is 10.9 Å². The zero-order valence-corrected chi connectivity index (χ0v) is 13.4. The topological polar surface area (TPSA) is 29.9 Å². The summed E-state index contributed by atoms with van der Waals surface area (Å²) in [5.41, 5.74) is 5.12. The zero-order chi connectivity index (χ0) is 15.4. The van der Waals surface area contributed by atoms with Gasteiger partial charge < -0.3 is 5.32 Å². The van der Waals surface area contributed by atoms with Gasteiger partial charge in [-0.25, -0.2) is 4.68 Å². The van der Waals surface area contributed by atoms with E-state index < -0.39 is 0 Å². The fourth-order valence-electron chi connectivity index (χ4n) is 2.34. The summed E-state index contributed by atoms with van der Waals surface area (Å²) in [6, 6.07) is 6.74. The number of aromatic nitrogens is 2. The van der Waals surface area contributed by atoms with Crippen molar-refractivity contribution in [1.29, 1.82) is 0 Å². The van der Waals surface area contributed by atoms with Gasteiger partial charge in [0.15, 0.2) is 0 Å². The Morgan fingerprint density at radius 2 is 2.00 bits per heavy atom. The molecule has 2 rings (SSSR count). The zero-order valence-electron chi connectivity index (χ0n) is 13.4. The fraction of sp³-hybridized carbons (Fsp3) is 0.389. The van der Waals surface area contributed by atoms with E-state index in [1.165, 1.54) is 16.8 Å². The molecule has 3 heteroatoms. The molecule has 0 saturated heterocycles. The van der Waals surface area contributed by atoms with Crippen LogP contribution in [-0.2, 0) is 6.54 Å². The lowest BCUT2D eigenvalue weighted by Crippen LogP contribution is -2.04. The van der Waals surface area contributed by atoms with E-state index in [-0.39, 0.29) is 0 Å². The molecule has 0 radical (unpaired) electrons. The minimum absolute atomic E-state index is 0.502. The third kappa shape index (κ3) is 3.75. The Balaban J connectivity index is 2.16. The fourth-order valence-corrected chi connectivity index (χ4v) is 2.34. The van der Waals surface area contributed by atoms with E-state index in [4.69, 9.17) is 0 Å². The van der Waals surface area contributed by atoms with Crippen LogP contribution in [0, 0.1) is 0 Å². The molecule has 112 valence electrons. The second kappa shape index (κ2) is 6.61. The van der Waals surface area contributed by atoms with Crippen molar-refractivity contribution in [2.45, 2.75) is 46.1 Å². The molecule has 0 saturated carbocycles. The van der Waals surface area contributed by atoms with Crippen molar-refractivity contribution in [2.24, 2.45) is 0 Å². The normalized spacial score (nSPS) is 11.1. The highest BCUT2D eigenvalue weighted by molar-refractivity contribution is 5.54. The third-order valence-electron chi connectivity index (χ3n) is 3.69. The molecule has 3 nitrogen and oxygen atoms in total. The molecule has 0 aliphatic carbocycles. The molecule has 2 aromatic rings. The summed E-state index contributed by atoms with van der Waals surface area (Å²) in [4.78, 5) is 0. The minimum Gasteiger partial charge on any atom is -0.381 e. The second-order valence-electron chi connectivity index (χ2n) is 6.02. The van der Waals surface area contributed by atoms with Gasteiger partial charge in [0.05, 0.1) is 6.20 Å². The maximum atomic E-state index is 4.20. The Morgan fingerprint density at radius 3 is 2.57 bits per heavy atom. The summed E-state index contributed by atoms with van der Waals surface area (Å²) in [7, 11) is 0. The molecule has 0 amide bonds. The predicted octanol–water partition coefficient (Wildman–Crippen LogP) is 4.84. The van der Waals surface area contributed by atoms with E-state index in [9.17, 15) is 0 Å². The Morgan fingerprint density at radius 1 is 1.24 bits per heavy atom. The molecule has 0 aliphatic heterocycles. The number of benzene rings is 1. The van der Waals surface area contributed by atoms with Crippen LogP contribution in [0.1, 0.15) is 56.2 Å². The summed E-state index contributed by atoms with van der Waals surface area (Å²) >= 11 is 0. The molecule has 1 aromatic heterocycles. The average Bonchev–Trinajstić information content (AvgIpc) is 2.92. The third-order valence-corrected chi connectivity index (χ3v) is 3.69. The van der Waals surface area contributed by atoms with E-state index in [1.807, 2.05) is 12.4 Å². The van der Waals surface area contributed by atoms with Gasteiger partial charge in [-0.1, -0.05) is 46.4 Å². The Hall–Kier alpha value is -2.03. The smallest absolute Gasteiger partial charge is 0.0543 e. The molecule has 1 heterocycles. The van der Waals surface area contributed by atoms with Crippen LogP contribution < -0.4 is 5.32 Å². The summed E-state index contributed by atoms with van der Waals surface area (Å²) in [5, 5.41) is 7.73. The molecular formula is C18H25N3. The molecule has 21 heavy (non-hydrogen) atoms. The maximum Gasteiger partial charge on any atom is 0.0543 e. The lowest BCUT2D eigenvalue weighted by molar-refractivity contribution is 0.833. The molecule has 0 unspecified atom stereocenters. The van der Waals surface area contributed by atoms with E-state index in [2.05, 4.69) is 62.9 Å². The van der Waals surface area contributed by atoms with Crippen molar-refractivity contribution in [3.63, 3.8) is 0 Å². The first-order valence-electron chi connectivity index (χ1n) is 7.54. The minimum atomic E-state index is 0.502. The highest BCUT2D eigenvalue weighted by Gasteiger charge is 2.09. The number of nitrogens with one attached hydrogen (secondary N) is 1. The largest absolute Gasteiger partial charge is 0.381 e. The monoisotopic (exact) mass is 283 g/mol. The highest BCUT2D eigenvalue weighted by Crippen LogP contribution is 2.28. The number of hydrogen-bond donors (Lipinski definition) is 1. The average molecular weight is 283 g/mol.